The van der Waals surface area contributed by atoms with Gasteiger partial charge in [-0.25, -0.2) is 4.98 Å². The van der Waals surface area contributed by atoms with Crippen LogP contribution in [0.15, 0.2) is 24.4 Å². The average molecular weight is 231 g/mol. The van der Waals surface area contributed by atoms with Gasteiger partial charge in [-0.1, -0.05) is 12.5 Å². The Hall–Kier alpha value is -1.58. The normalized spacial score (nSPS) is 20.6. The SMILES string of the molecule is O=C(C1CCC1)N1CC(Nc2ccccn2)C1. The zero-order valence-electron chi connectivity index (χ0n) is 9.80. The van der Waals surface area contributed by atoms with Crippen molar-refractivity contribution >= 4 is 11.7 Å². The lowest BCUT2D eigenvalue weighted by Gasteiger charge is -2.43. The van der Waals surface area contributed by atoms with Crippen LogP contribution in [0.3, 0.4) is 0 Å². The van der Waals surface area contributed by atoms with Crippen LogP contribution in [0.1, 0.15) is 19.3 Å². The van der Waals surface area contributed by atoms with Gasteiger partial charge in [0.25, 0.3) is 0 Å². The number of rotatable bonds is 3. The van der Waals surface area contributed by atoms with E-state index in [1.807, 2.05) is 23.1 Å². The second-order valence-corrected chi connectivity index (χ2v) is 4.93. The highest BCUT2D eigenvalue weighted by Crippen LogP contribution is 2.30. The second kappa shape index (κ2) is 4.35. The fourth-order valence-corrected chi connectivity index (χ4v) is 2.32. The van der Waals surface area contributed by atoms with Crippen molar-refractivity contribution in [2.24, 2.45) is 5.92 Å². The fourth-order valence-electron chi connectivity index (χ4n) is 2.32. The molecule has 2 aliphatic rings. The largest absolute Gasteiger partial charge is 0.364 e. The summed E-state index contributed by atoms with van der Waals surface area (Å²) in [5.41, 5.74) is 0. The number of likely N-dealkylation sites (tertiary alicyclic amines) is 1. The van der Waals surface area contributed by atoms with Crippen molar-refractivity contribution in [2.45, 2.75) is 25.3 Å². The van der Waals surface area contributed by atoms with Crippen molar-refractivity contribution in [3.8, 4) is 0 Å². The highest BCUT2D eigenvalue weighted by Gasteiger charge is 2.36. The van der Waals surface area contributed by atoms with E-state index in [-0.39, 0.29) is 0 Å². The van der Waals surface area contributed by atoms with Crippen molar-refractivity contribution in [1.29, 1.82) is 0 Å². The highest BCUT2D eigenvalue weighted by molar-refractivity contribution is 5.80. The van der Waals surface area contributed by atoms with Crippen molar-refractivity contribution in [3.63, 3.8) is 0 Å². The molecule has 4 nitrogen and oxygen atoms in total. The summed E-state index contributed by atoms with van der Waals surface area (Å²) >= 11 is 0. The first-order valence-corrected chi connectivity index (χ1v) is 6.29. The summed E-state index contributed by atoms with van der Waals surface area (Å²) in [6.45, 7) is 1.65. The zero-order valence-corrected chi connectivity index (χ0v) is 9.80. The molecule has 3 rings (SSSR count). The number of aromatic nitrogens is 1. The van der Waals surface area contributed by atoms with Crippen molar-refractivity contribution in [2.75, 3.05) is 18.4 Å². The van der Waals surface area contributed by atoms with Gasteiger partial charge in [0.2, 0.25) is 5.91 Å². The van der Waals surface area contributed by atoms with E-state index < -0.39 is 0 Å². The van der Waals surface area contributed by atoms with Gasteiger partial charge in [0.15, 0.2) is 0 Å². The molecule has 0 bridgehead atoms. The predicted molar refractivity (Wildman–Crippen MR) is 65.6 cm³/mol. The van der Waals surface area contributed by atoms with Crippen molar-refractivity contribution < 1.29 is 4.79 Å². The molecule has 0 unspecified atom stereocenters. The summed E-state index contributed by atoms with van der Waals surface area (Å²) in [6.07, 6.45) is 5.18. The van der Waals surface area contributed by atoms with Crippen LogP contribution in [0.5, 0.6) is 0 Å². The number of pyridine rings is 1. The molecule has 0 atom stereocenters. The average Bonchev–Trinajstić information content (AvgIpc) is 2.21. The molecule has 2 fully saturated rings. The molecule has 1 aliphatic heterocycles. The quantitative estimate of drug-likeness (QED) is 0.857. The Morgan fingerprint density at radius 2 is 2.18 bits per heavy atom. The number of anilines is 1. The first kappa shape index (κ1) is 10.6. The molecule has 0 aromatic carbocycles. The second-order valence-electron chi connectivity index (χ2n) is 4.93. The minimum absolute atomic E-state index is 0.325. The summed E-state index contributed by atoms with van der Waals surface area (Å²) in [4.78, 5) is 18.1. The van der Waals surface area contributed by atoms with Crippen LogP contribution in [-0.4, -0.2) is 34.9 Å². The maximum atomic E-state index is 11.9. The number of hydrogen-bond donors (Lipinski definition) is 1. The van der Waals surface area contributed by atoms with E-state index in [1.165, 1.54) is 6.42 Å². The minimum atomic E-state index is 0.325. The molecule has 1 N–H and O–H groups in total. The standard InChI is InChI=1S/C13H17N3O/c17-13(10-4-3-5-10)16-8-11(9-16)15-12-6-1-2-7-14-12/h1-2,6-7,10-11H,3-5,8-9H2,(H,14,15). The van der Waals surface area contributed by atoms with Crippen LogP contribution in [-0.2, 0) is 4.79 Å². The Morgan fingerprint density at radius 3 is 2.76 bits per heavy atom. The summed E-state index contributed by atoms with van der Waals surface area (Å²) in [5.74, 6) is 1.58. The van der Waals surface area contributed by atoms with Crippen LogP contribution in [0.2, 0.25) is 0 Å². The van der Waals surface area contributed by atoms with Crippen molar-refractivity contribution in [1.82, 2.24) is 9.88 Å². The van der Waals surface area contributed by atoms with Gasteiger partial charge in [0.05, 0.1) is 6.04 Å². The Bertz CT molecular complexity index is 396. The van der Waals surface area contributed by atoms with E-state index in [9.17, 15) is 4.79 Å². The van der Waals surface area contributed by atoms with E-state index in [1.54, 1.807) is 6.20 Å². The number of carbonyl (C=O) groups is 1. The minimum Gasteiger partial charge on any atom is -0.364 e. The van der Waals surface area contributed by atoms with E-state index >= 15 is 0 Å². The van der Waals surface area contributed by atoms with Crippen LogP contribution in [0, 0.1) is 5.92 Å². The predicted octanol–water partition coefficient (Wildman–Crippen LogP) is 1.50. The zero-order chi connectivity index (χ0) is 11.7. The van der Waals surface area contributed by atoms with Crippen molar-refractivity contribution in [3.05, 3.63) is 24.4 Å². The van der Waals surface area contributed by atoms with Gasteiger partial charge in [-0.15, -0.1) is 0 Å². The van der Waals surface area contributed by atoms with Gasteiger partial charge in [0.1, 0.15) is 5.82 Å². The summed E-state index contributed by atoms with van der Waals surface area (Å²) in [5, 5.41) is 3.33. The van der Waals surface area contributed by atoms with Crippen LogP contribution < -0.4 is 5.32 Å². The fraction of sp³-hybridized carbons (Fsp3) is 0.538. The molecule has 1 saturated carbocycles. The molecule has 0 radical (unpaired) electrons. The Morgan fingerprint density at radius 1 is 1.35 bits per heavy atom. The van der Waals surface area contributed by atoms with E-state index in [0.29, 0.717) is 17.9 Å². The van der Waals surface area contributed by atoms with Gasteiger partial charge < -0.3 is 10.2 Å². The topological polar surface area (TPSA) is 45.2 Å². The smallest absolute Gasteiger partial charge is 0.225 e. The Balaban J connectivity index is 1.47. The van der Waals surface area contributed by atoms with Gasteiger partial charge in [-0.2, -0.15) is 0 Å². The monoisotopic (exact) mass is 231 g/mol. The third-order valence-electron chi connectivity index (χ3n) is 3.66. The molecule has 17 heavy (non-hydrogen) atoms. The molecule has 90 valence electrons. The first-order chi connectivity index (χ1) is 8.33. The first-order valence-electron chi connectivity index (χ1n) is 6.29. The Labute approximate surface area is 101 Å². The molecular formula is C13H17N3O. The van der Waals surface area contributed by atoms with Gasteiger partial charge in [-0.3, -0.25) is 4.79 Å². The maximum absolute atomic E-state index is 11.9. The molecule has 1 amide bonds. The molecule has 1 aromatic heterocycles. The van der Waals surface area contributed by atoms with E-state index in [2.05, 4.69) is 10.3 Å². The highest BCUT2D eigenvalue weighted by atomic mass is 16.2. The lowest BCUT2D eigenvalue weighted by molar-refractivity contribution is -0.142. The number of nitrogens with one attached hydrogen (secondary N) is 1. The molecule has 1 saturated heterocycles. The van der Waals surface area contributed by atoms with Crippen LogP contribution in [0.25, 0.3) is 0 Å². The number of amides is 1. The molecule has 1 aliphatic carbocycles. The lowest BCUT2D eigenvalue weighted by Crippen LogP contribution is -2.59. The molecule has 1 aromatic rings. The summed E-state index contributed by atoms with van der Waals surface area (Å²) in [7, 11) is 0. The summed E-state index contributed by atoms with van der Waals surface area (Å²) < 4.78 is 0. The third-order valence-corrected chi connectivity index (χ3v) is 3.66. The number of nitrogens with zero attached hydrogens (tertiary/aromatic N) is 2. The molecular weight excluding hydrogens is 214 g/mol. The lowest BCUT2D eigenvalue weighted by atomic mass is 9.83. The Kier molecular flexibility index (Phi) is 2.71. The molecule has 0 spiro atoms. The van der Waals surface area contributed by atoms with Gasteiger partial charge in [0, 0.05) is 25.2 Å². The third kappa shape index (κ3) is 2.12. The molecule has 2 heterocycles. The maximum Gasteiger partial charge on any atom is 0.225 e. The molecule has 4 heteroatoms. The van der Waals surface area contributed by atoms with E-state index in [0.717, 1.165) is 31.7 Å². The van der Waals surface area contributed by atoms with Gasteiger partial charge >= 0.3 is 0 Å². The number of carbonyl (C=O) groups excluding carboxylic acids is 1. The van der Waals surface area contributed by atoms with Gasteiger partial charge in [-0.05, 0) is 25.0 Å². The number of hydrogen-bond acceptors (Lipinski definition) is 3. The van der Waals surface area contributed by atoms with Crippen LogP contribution >= 0.6 is 0 Å². The van der Waals surface area contributed by atoms with Crippen LogP contribution in [0.4, 0.5) is 5.82 Å². The summed E-state index contributed by atoms with van der Waals surface area (Å²) in [6, 6.07) is 6.19. The van der Waals surface area contributed by atoms with E-state index in [4.69, 9.17) is 0 Å².